The molecular formula is C32H35N3O6. The fourth-order valence-electron chi connectivity index (χ4n) is 5.28. The Morgan fingerprint density at radius 1 is 1.05 bits per heavy atom. The highest BCUT2D eigenvalue weighted by molar-refractivity contribution is 6.10. The van der Waals surface area contributed by atoms with Crippen LogP contribution in [0.3, 0.4) is 0 Å². The third-order valence-electron chi connectivity index (χ3n) is 7.36. The number of benzene rings is 2. The van der Waals surface area contributed by atoms with Crippen molar-refractivity contribution in [1.29, 1.82) is 0 Å². The highest BCUT2D eigenvalue weighted by Gasteiger charge is 2.41. The lowest BCUT2D eigenvalue weighted by Crippen LogP contribution is -2.52. The number of aryl methyl sites for hydroxylation is 1. The van der Waals surface area contributed by atoms with E-state index in [1.807, 2.05) is 75.4 Å². The van der Waals surface area contributed by atoms with Gasteiger partial charge in [0.25, 0.3) is 11.5 Å². The van der Waals surface area contributed by atoms with E-state index in [2.05, 4.69) is 10.6 Å². The molecule has 2 aromatic carbocycles. The predicted octanol–water partition coefficient (Wildman–Crippen LogP) is 5.09. The molecule has 214 valence electrons. The molecule has 41 heavy (non-hydrogen) atoms. The quantitative estimate of drug-likeness (QED) is 0.291. The molecule has 0 unspecified atom stereocenters. The summed E-state index contributed by atoms with van der Waals surface area (Å²) in [6.07, 6.45) is 3.59. The number of furan rings is 1. The summed E-state index contributed by atoms with van der Waals surface area (Å²) in [6.45, 7) is 5.36. The van der Waals surface area contributed by atoms with Crippen LogP contribution in [0, 0.1) is 0 Å². The number of aliphatic hydroxyl groups is 1. The van der Waals surface area contributed by atoms with E-state index in [0.717, 1.165) is 36.0 Å². The van der Waals surface area contributed by atoms with E-state index in [0.29, 0.717) is 16.7 Å². The standard InChI is InChI=1S/C32H35N3O6/c1-31(2,3)41-30(39)34-32(15-8-16-32)22-13-11-21(12-14-22)26-24(20-9-6-5-7-10-20)25-27(40-26)23(19-35(4)29(25)38)28(37)33-17-18-36/h5-7,9-14,19,36H,8,15-18H2,1-4H3,(H,33,37)(H,34,39). The van der Waals surface area contributed by atoms with Crippen molar-refractivity contribution in [1.82, 2.24) is 15.2 Å². The Bertz CT molecular complexity index is 1640. The van der Waals surface area contributed by atoms with Gasteiger partial charge in [-0.15, -0.1) is 0 Å². The van der Waals surface area contributed by atoms with Crippen LogP contribution in [0.5, 0.6) is 0 Å². The predicted molar refractivity (Wildman–Crippen MR) is 157 cm³/mol. The van der Waals surface area contributed by atoms with E-state index in [9.17, 15) is 19.5 Å². The lowest BCUT2D eigenvalue weighted by molar-refractivity contribution is 0.0377. The van der Waals surface area contributed by atoms with Gasteiger partial charge in [0, 0.05) is 30.9 Å². The highest BCUT2D eigenvalue weighted by Crippen LogP contribution is 2.44. The molecule has 2 aromatic heterocycles. The summed E-state index contributed by atoms with van der Waals surface area (Å²) in [5.41, 5.74) is 2.03. The number of rotatable bonds is 7. The number of aliphatic hydroxyl groups excluding tert-OH is 1. The van der Waals surface area contributed by atoms with Crippen molar-refractivity contribution in [3.8, 4) is 22.5 Å². The SMILES string of the molecule is Cn1cc(C(=O)NCCO)c2oc(-c3ccc(C4(NC(=O)OC(C)(C)C)CCC4)cc3)c(-c3ccccc3)c2c1=O. The zero-order valence-corrected chi connectivity index (χ0v) is 23.7. The Morgan fingerprint density at radius 2 is 1.73 bits per heavy atom. The fraction of sp³-hybridized carbons (Fsp3) is 0.344. The van der Waals surface area contributed by atoms with E-state index in [-0.39, 0.29) is 29.9 Å². The summed E-state index contributed by atoms with van der Waals surface area (Å²) in [6, 6.07) is 17.2. The van der Waals surface area contributed by atoms with Crippen LogP contribution in [-0.2, 0) is 17.3 Å². The number of pyridine rings is 1. The number of hydrogen-bond acceptors (Lipinski definition) is 6. The van der Waals surface area contributed by atoms with Crippen LogP contribution in [0.1, 0.15) is 56.0 Å². The van der Waals surface area contributed by atoms with Crippen LogP contribution in [0.4, 0.5) is 4.79 Å². The molecule has 0 aliphatic heterocycles. The molecule has 1 fully saturated rings. The zero-order valence-electron chi connectivity index (χ0n) is 23.7. The number of nitrogens with one attached hydrogen (secondary N) is 2. The first-order valence-corrected chi connectivity index (χ1v) is 13.8. The van der Waals surface area contributed by atoms with Gasteiger partial charge in [0.15, 0.2) is 5.58 Å². The highest BCUT2D eigenvalue weighted by atomic mass is 16.6. The molecule has 1 aliphatic carbocycles. The summed E-state index contributed by atoms with van der Waals surface area (Å²) in [5, 5.41) is 15.2. The van der Waals surface area contributed by atoms with Gasteiger partial charge in [-0.3, -0.25) is 9.59 Å². The summed E-state index contributed by atoms with van der Waals surface area (Å²) in [7, 11) is 1.59. The lowest BCUT2D eigenvalue weighted by Gasteiger charge is -2.43. The van der Waals surface area contributed by atoms with Gasteiger partial charge in [-0.2, -0.15) is 0 Å². The number of fused-ring (bicyclic) bond motifs is 1. The number of carbonyl (C=O) groups is 2. The molecule has 0 bridgehead atoms. The second-order valence-corrected chi connectivity index (χ2v) is 11.5. The minimum atomic E-state index is -0.598. The number of ether oxygens (including phenoxy) is 1. The van der Waals surface area contributed by atoms with Gasteiger partial charge in [0.1, 0.15) is 11.4 Å². The number of hydrogen-bond donors (Lipinski definition) is 3. The lowest BCUT2D eigenvalue weighted by atomic mass is 9.71. The molecule has 0 atom stereocenters. The smallest absolute Gasteiger partial charge is 0.408 e. The van der Waals surface area contributed by atoms with E-state index < -0.39 is 23.1 Å². The molecule has 1 aliphatic rings. The van der Waals surface area contributed by atoms with Gasteiger partial charge in [-0.05, 0) is 51.2 Å². The number of carbonyl (C=O) groups excluding carboxylic acids is 2. The average Bonchev–Trinajstić information content (AvgIpc) is 3.32. The maximum Gasteiger partial charge on any atom is 0.408 e. The zero-order chi connectivity index (χ0) is 29.4. The van der Waals surface area contributed by atoms with Crippen molar-refractivity contribution in [2.45, 2.75) is 51.2 Å². The molecule has 5 rings (SSSR count). The van der Waals surface area contributed by atoms with Crippen LogP contribution in [0.15, 0.2) is 70.0 Å². The molecular weight excluding hydrogens is 522 g/mol. The molecule has 2 amide bonds. The monoisotopic (exact) mass is 557 g/mol. The number of nitrogens with zero attached hydrogens (tertiary/aromatic N) is 1. The maximum absolute atomic E-state index is 13.5. The van der Waals surface area contributed by atoms with Crippen molar-refractivity contribution in [2.24, 2.45) is 7.05 Å². The second kappa shape index (κ2) is 10.9. The van der Waals surface area contributed by atoms with Crippen molar-refractivity contribution < 1.29 is 23.8 Å². The normalized spacial score (nSPS) is 14.4. The molecule has 9 nitrogen and oxygen atoms in total. The Morgan fingerprint density at radius 3 is 2.32 bits per heavy atom. The van der Waals surface area contributed by atoms with E-state index in [4.69, 9.17) is 9.15 Å². The van der Waals surface area contributed by atoms with Gasteiger partial charge in [-0.1, -0.05) is 54.6 Å². The summed E-state index contributed by atoms with van der Waals surface area (Å²) in [4.78, 5) is 39.1. The van der Waals surface area contributed by atoms with E-state index in [1.165, 1.54) is 10.8 Å². The van der Waals surface area contributed by atoms with Gasteiger partial charge in [0.2, 0.25) is 0 Å². The Balaban J connectivity index is 1.62. The minimum absolute atomic E-state index is 0.0722. The first-order valence-electron chi connectivity index (χ1n) is 13.8. The summed E-state index contributed by atoms with van der Waals surface area (Å²) >= 11 is 0. The molecule has 1 saturated carbocycles. The fourth-order valence-corrected chi connectivity index (χ4v) is 5.28. The van der Waals surface area contributed by atoms with Crippen LogP contribution in [-0.4, -0.2) is 40.4 Å². The van der Waals surface area contributed by atoms with E-state index in [1.54, 1.807) is 7.05 Å². The summed E-state index contributed by atoms with van der Waals surface area (Å²) < 4.78 is 13.3. The molecule has 9 heteroatoms. The largest absolute Gasteiger partial charge is 0.454 e. The van der Waals surface area contributed by atoms with Crippen molar-refractivity contribution >= 4 is 23.0 Å². The van der Waals surface area contributed by atoms with Gasteiger partial charge in [-0.25, -0.2) is 4.79 Å². The number of aromatic nitrogens is 1. The summed E-state index contributed by atoms with van der Waals surface area (Å²) in [5.74, 6) is 0.00933. The molecule has 0 spiro atoms. The third kappa shape index (κ3) is 5.50. The van der Waals surface area contributed by atoms with Crippen LogP contribution < -0.4 is 16.2 Å². The first kappa shape index (κ1) is 28.2. The van der Waals surface area contributed by atoms with Gasteiger partial charge < -0.3 is 29.5 Å². The van der Waals surface area contributed by atoms with Crippen molar-refractivity contribution in [3.63, 3.8) is 0 Å². The van der Waals surface area contributed by atoms with Crippen LogP contribution in [0.25, 0.3) is 33.4 Å². The number of alkyl carbamates (subject to hydrolysis) is 1. The van der Waals surface area contributed by atoms with Gasteiger partial charge >= 0.3 is 6.09 Å². The number of amides is 2. The molecule has 3 N–H and O–H groups in total. The van der Waals surface area contributed by atoms with Gasteiger partial charge in [0.05, 0.1) is 23.1 Å². The van der Waals surface area contributed by atoms with Crippen LogP contribution in [0.2, 0.25) is 0 Å². The third-order valence-corrected chi connectivity index (χ3v) is 7.36. The topological polar surface area (TPSA) is 123 Å². The Labute approximate surface area is 238 Å². The Kier molecular flexibility index (Phi) is 7.48. The van der Waals surface area contributed by atoms with Crippen molar-refractivity contribution in [2.75, 3.05) is 13.2 Å². The minimum Gasteiger partial charge on any atom is -0.454 e. The average molecular weight is 558 g/mol. The molecule has 4 aromatic rings. The first-order chi connectivity index (χ1) is 19.5. The second-order valence-electron chi connectivity index (χ2n) is 11.5. The van der Waals surface area contributed by atoms with E-state index >= 15 is 0 Å². The maximum atomic E-state index is 13.5. The molecule has 0 saturated heterocycles. The molecule has 0 radical (unpaired) electrons. The van der Waals surface area contributed by atoms with Crippen LogP contribution >= 0.6 is 0 Å². The van der Waals surface area contributed by atoms with Crippen molar-refractivity contribution in [3.05, 3.63) is 82.3 Å². The molecule has 2 heterocycles. The Hall–Kier alpha value is -4.37.